The van der Waals surface area contributed by atoms with Gasteiger partial charge in [-0.15, -0.1) is 0 Å². The van der Waals surface area contributed by atoms with Crippen molar-refractivity contribution in [2.24, 2.45) is 0 Å². The van der Waals surface area contributed by atoms with Gasteiger partial charge in [-0.05, 0) is 82.4 Å². The third kappa shape index (κ3) is 5.50. The number of hydrogen-bond donors (Lipinski definition) is 0. The highest BCUT2D eigenvalue weighted by molar-refractivity contribution is 5.95. The van der Waals surface area contributed by atoms with Crippen LogP contribution in [0.1, 0.15) is 50.1 Å². The second-order valence-corrected chi connectivity index (χ2v) is 9.14. The lowest BCUT2D eigenvalue weighted by atomic mass is 10.0. The van der Waals surface area contributed by atoms with Gasteiger partial charge in [0.05, 0.1) is 16.7 Å². The second-order valence-electron chi connectivity index (χ2n) is 9.14. The molecule has 1 fully saturated rings. The zero-order valence-corrected chi connectivity index (χ0v) is 20.9. The van der Waals surface area contributed by atoms with Gasteiger partial charge in [0.15, 0.2) is 0 Å². The number of para-hydroxylation sites is 3. The predicted molar refractivity (Wildman–Crippen MR) is 138 cm³/mol. The molecule has 4 rings (SSSR count). The highest BCUT2D eigenvalue weighted by atomic mass is 16.5. The Balaban J connectivity index is 1.60. The van der Waals surface area contributed by atoms with Crippen LogP contribution < -0.4 is 4.90 Å². The summed E-state index contributed by atoms with van der Waals surface area (Å²) in [7, 11) is 0. The minimum atomic E-state index is 0.0291. The molecule has 0 radical (unpaired) electrons. The highest BCUT2D eigenvalue weighted by Gasteiger charge is 2.23. The van der Waals surface area contributed by atoms with Crippen LogP contribution >= 0.6 is 0 Å². The van der Waals surface area contributed by atoms with Crippen LogP contribution in [0.2, 0.25) is 0 Å². The van der Waals surface area contributed by atoms with Crippen LogP contribution in [0.15, 0.2) is 42.5 Å². The Morgan fingerprint density at radius 2 is 1.88 bits per heavy atom. The maximum atomic E-state index is 13.8. The smallest absolute Gasteiger partial charge is 0.248 e. The molecule has 1 saturated heterocycles. The molecule has 0 aliphatic carbocycles. The lowest BCUT2D eigenvalue weighted by Crippen LogP contribution is -2.37. The summed E-state index contributed by atoms with van der Waals surface area (Å²) in [6.07, 6.45) is 5.40. The van der Waals surface area contributed by atoms with Crippen LogP contribution in [0, 0.1) is 6.92 Å². The molecule has 2 aromatic carbocycles. The fourth-order valence-corrected chi connectivity index (χ4v) is 5.02. The maximum Gasteiger partial charge on any atom is 0.248 e. The van der Waals surface area contributed by atoms with E-state index in [1.54, 1.807) is 0 Å². The zero-order chi connectivity index (χ0) is 23.9. The molecule has 1 amide bonds. The van der Waals surface area contributed by atoms with Gasteiger partial charge < -0.3 is 14.2 Å². The number of hydrogen-bond acceptors (Lipinski definition) is 4. The topological polar surface area (TPSA) is 50.6 Å². The highest BCUT2D eigenvalue weighted by Crippen LogP contribution is 2.27. The van der Waals surface area contributed by atoms with Gasteiger partial charge in [-0.3, -0.25) is 9.69 Å². The lowest BCUT2D eigenvalue weighted by molar-refractivity contribution is -0.120. The number of likely N-dealkylation sites (tertiary alicyclic amines) is 1. The van der Waals surface area contributed by atoms with E-state index in [0.717, 1.165) is 59.5 Å². The Morgan fingerprint density at radius 3 is 2.65 bits per heavy atom. The number of benzene rings is 2. The first-order valence-corrected chi connectivity index (χ1v) is 12.8. The summed E-state index contributed by atoms with van der Waals surface area (Å²) < 4.78 is 7.87. The molecular weight excluding hydrogens is 424 g/mol. The van der Waals surface area contributed by atoms with E-state index in [0.29, 0.717) is 6.61 Å². The summed E-state index contributed by atoms with van der Waals surface area (Å²) in [5.74, 6) is 1.02. The molecular formula is C28H38N4O2. The average molecular weight is 463 g/mol. The summed E-state index contributed by atoms with van der Waals surface area (Å²) in [4.78, 5) is 23.1. The molecule has 6 nitrogen and oxygen atoms in total. The number of carbonyl (C=O) groups is 1. The molecule has 3 aromatic rings. The number of fused-ring (bicyclic) bond motifs is 1. The maximum absolute atomic E-state index is 13.8. The zero-order valence-electron chi connectivity index (χ0n) is 20.9. The van der Waals surface area contributed by atoms with Crippen molar-refractivity contribution in [2.45, 2.75) is 59.4 Å². The largest absolute Gasteiger partial charge is 0.361 e. The van der Waals surface area contributed by atoms with Crippen molar-refractivity contribution in [3.63, 3.8) is 0 Å². The number of carbonyl (C=O) groups excluding carboxylic acids is 1. The first-order chi connectivity index (χ1) is 16.6. The number of aromatic nitrogens is 2. The normalized spacial score (nSPS) is 14.2. The molecule has 1 aliphatic rings. The fraction of sp³-hybridized carbons (Fsp3) is 0.500. The van der Waals surface area contributed by atoms with Crippen LogP contribution in [0.3, 0.4) is 0 Å². The second kappa shape index (κ2) is 11.6. The molecule has 0 bridgehead atoms. The van der Waals surface area contributed by atoms with Gasteiger partial charge in [-0.25, -0.2) is 4.98 Å². The molecule has 2 heterocycles. The molecule has 0 atom stereocenters. The Morgan fingerprint density at radius 1 is 1.09 bits per heavy atom. The van der Waals surface area contributed by atoms with E-state index in [-0.39, 0.29) is 19.2 Å². The molecule has 0 N–H and O–H groups in total. The van der Waals surface area contributed by atoms with Crippen molar-refractivity contribution in [3.05, 3.63) is 59.4 Å². The number of ether oxygens (including phenoxy) is 1. The summed E-state index contributed by atoms with van der Waals surface area (Å²) in [5, 5.41) is 0. The standard InChI is InChI=1S/C28H38N4O2/c1-4-23-13-10-12-22(3)28(23)32(21-34-5-2)27(33)20-31-25-15-7-6-14-24(25)29-26(31)16-11-19-30-17-8-9-18-30/h6-7,10,12-15H,4-5,8-9,11,16-21H2,1-3H3. The quantitative estimate of drug-likeness (QED) is 0.378. The number of imidazole rings is 1. The average Bonchev–Trinajstić information content (AvgIpc) is 3.48. The van der Waals surface area contributed by atoms with Crippen LogP contribution in [0.25, 0.3) is 11.0 Å². The lowest BCUT2D eigenvalue weighted by Gasteiger charge is -2.27. The molecule has 34 heavy (non-hydrogen) atoms. The van der Waals surface area contributed by atoms with Crippen molar-refractivity contribution < 1.29 is 9.53 Å². The molecule has 182 valence electrons. The molecule has 0 saturated carbocycles. The minimum Gasteiger partial charge on any atom is -0.361 e. The molecule has 0 unspecified atom stereocenters. The monoisotopic (exact) mass is 462 g/mol. The van der Waals surface area contributed by atoms with E-state index in [2.05, 4.69) is 47.6 Å². The molecule has 1 aromatic heterocycles. The van der Waals surface area contributed by atoms with Crippen LogP contribution in [-0.4, -0.2) is 53.3 Å². The van der Waals surface area contributed by atoms with Crippen LogP contribution in [0.4, 0.5) is 5.69 Å². The molecule has 0 spiro atoms. The van der Waals surface area contributed by atoms with E-state index < -0.39 is 0 Å². The van der Waals surface area contributed by atoms with E-state index in [1.807, 2.05) is 30.0 Å². The van der Waals surface area contributed by atoms with Gasteiger partial charge in [0.25, 0.3) is 0 Å². The third-order valence-corrected chi connectivity index (χ3v) is 6.80. The molecule has 1 aliphatic heterocycles. The number of amides is 1. The van der Waals surface area contributed by atoms with Gasteiger partial charge in [-0.1, -0.05) is 37.3 Å². The Hall–Kier alpha value is -2.70. The first-order valence-electron chi connectivity index (χ1n) is 12.8. The SMILES string of the molecule is CCOCN(C(=O)Cn1c(CCCN2CCCC2)nc2ccccc21)c1c(C)cccc1CC. The van der Waals surface area contributed by atoms with E-state index in [1.165, 1.54) is 25.9 Å². The Labute approximate surface area is 203 Å². The van der Waals surface area contributed by atoms with Crippen LogP contribution in [-0.2, 0) is 28.9 Å². The minimum absolute atomic E-state index is 0.0291. The van der Waals surface area contributed by atoms with Crippen LogP contribution in [0.5, 0.6) is 0 Å². The summed E-state index contributed by atoms with van der Waals surface area (Å²) in [6.45, 7) is 10.7. The predicted octanol–water partition coefficient (Wildman–Crippen LogP) is 4.96. The van der Waals surface area contributed by atoms with Crippen molar-refractivity contribution in [2.75, 3.05) is 37.9 Å². The number of rotatable bonds is 11. The summed E-state index contributed by atoms with van der Waals surface area (Å²) in [6, 6.07) is 14.4. The van der Waals surface area contributed by atoms with Crippen molar-refractivity contribution in [1.82, 2.24) is 14.5 Å². The van der Waals surface area contributed by atoms with Crippen molar-refractivity contribution in [1.29, 1.82) is 0 Å². The first kappa shape index (κ1) is 24.4. The van der Waals surface area contributed by atoms with E-state index in [9.17, 15) is 4.79 Å². The number of nitrogens with zero attached hydrogens (tertiary/aromatic N) is 4. The fourth-order valence-electron chi connectivity index (χ4n) is 5.02. The Kier molecular flexibility index (Phi) is 8.35. The van der Waals surface area contributed by atoms with Gasteiger partial charge in [0, 0.05) is 13.0 Å². The van der Waals surface area contributed by atoms with Gasteiger partial charge in [-0.2, -0.15) is 0 Å². The third-order valence-electron chi connectivity index (χ3n) is 6.80. The van der Waals surface area contributed by atoms with Gasteiger partial charge in [0.1, 0.15) is 19.1 Å². The Bertz CT molecular complexity index is 1100. The number of aryl methyl sites for hydroxylation is 3. The van der Waals surface area contributed by atoms with Crippen molar-refractivity contribution in [3.8, 4) is 0 Å². The summed E-state index contributed by atoms with van der Waals surface area (Å²) >= 11 is 0. The van der Waals surface area contributed by atoms with E-state index >= 15 is 0 Å². The number of anilines is 1. The molecule has 6 heteroatoms. The van der Waals surface area contributed by atoms with Gasteiger partial charge >= 0.3 is 0 Å². The summed E-state index contributed by atoms with van der Waals surface area (Å²) in [5.41, 5.74) is 5.20. The van der Waals surface area contributed by atoms with Gasteiger partial charge in [0.2, 0.25) is 5.91 Å². The van der Waals surface area contributed by atoms with Crippen molar-refractivity contribution >= 4 is 22.6 Å². The van der Waals surface area contributed by atoms with E-state index in [4.69, 9.17) is 9.72 Å².